The summed E-state index contributed by atoms with van der Waals surface area (Å²) in [5, 5.41) is 3.41. The minimum absolute atomic E-state index is 0.635. The predicted molar refractivity (Wildman–Crippen MR) is 81.3 cm³/mol. The molecule has 2 heterocycles. The van der Waals surface area contributed by atoms with Gasteiger partial charge in [0, 0.05) is 18.4 Å². The van der Waals surface area contributed by atoms with Crippen molar-refractivity contribution in [3.05, 3.63) is 41.3 Å². The fourth-order valence-corrected chi connectivity index (χ4v) is 2.04. The van der Waals surface area contributed by atoms with E-state index in [1.165, 1.54) is 0 Å². The van der Waals surface area contributed by atoms with Crippen LogP contribution in [0.15, 0.2) is 24.4 Å². The van der Waals surface area contributed by atoms with Gasteiger partial charge in [-0.1, -0.05) is 19.9 Å². The minimum atomic E-state index is 0.635. The van der Waals surface area contributed by atoms with Crippen molar-refractivity contribution in [2.24, 2.45) is 5.92 Å². The summed E-state index contributed by atoms with van der Waals surface area (Å²) in [7, 11) is 0. The van der Waals surface area contributed by atoms with E-state index in [9.17, 15) is 0 Å². The molecule has 2 aromatic rings. The SMILES string of the molecule is Cc1cc(CNCC(C)C)nc(-c2ncccc2C)n1. The summed E-state index contributed by atoms with van der Waals surface area (Å²) in [6.07, 6.45) is 1.78. The molecule has 0 aliphatic carbocycles. The van der Waals surface area contributed by atoms with Crippen molar-refractivity contribution in [2.75, 3.05) is 6.54 Å². The van der Waals surface area contributed by atoms with Gasteiger partial charge in [0.2, 0.25) is 0 Å². The summed E-state index contributed by atoms with van der Waals surface area (Å²) >= 11 is 0. The van der Waals surface area contributed by atoms with Gasteiger partial charge in [-0.15, -0.1) is 0 Å². The largest absolute Gasteiger partial charge is 0.311 e. The van der Waals surface area contributed by atoms with E-state index in [4.69, 9.17) is 0 Å². The Labute approximate surface area is 120 Å². The summed E-state index contributed by atoms with van der Waals surface area (Å²) in [5.74, 6) is 1.35. The van der Waals surface area contributed by atoms with Gasteiger partial charge in [-0.25, -0.2) is 9.97 Å². The number of aryl methyl sites for hydroxylation is 2. The molecule has 0 saturated heterocycles. The van der Waals surface area contributed by atoms with Crippen molar-refractivity contribution in [1.82, 2.24) is 20.3 Å². The number of aromatic nitrogens is 3. The van der Waals surface area contributed by atoms with Crippen LogP contribution in [0.1, 0.15) is 30.8 Å². The second kappa shape index (κ2) is 6.57. The second-order valence-corrected chi connectivity index (χ2v) is 5.52. The van der Waals surface area contributed by atoms with Crippen LogP contribution in [0.2, 0.25) is 0 Å². The first kappa shape index (κ1) is 14.6. The van der Waals surface area contributed by atoms with Gasteiger partial charge < -0.3 is 5.32 Å². The lowest BCUT2D eigenvalue weighted by molar-refractivity contribution is 0.548. The maximum absolute atomic E-state index is 4.63. The molecule has 4 heteroatoms. The molecule has 0 radical (unpaired) electrons. The highest BCUT2D eigenvalue weighted by Crippen LogP contribution is 2.17. The molecule has 0 spiro atoms. The van der Waals surface area contributed by atoms with Crippen LogP contribution in [0.25, 0.3) is 11.5 Å². The van der Waals surface area contributed by atoms with Crippen LogP contribution in [-0.2, 0) is 6.54 Å². The number of rotatable bonds is 5. The van der Waals surface area contributed by atoms with Crippen molar-refractivity contribution in [1.29, 1.82) is 0 Å². The average molecular weight is 270 g/mol. The first-order chi connectivity index (χ1) is 9.56. The quantitative estimate of drug-likeness (QED) is 0.907. The lowest BCUT2D eigenvalue weighted by Gasteiger charge is -2.09. The number of hydrogen-bond acceptors (Lipinski definition) is 4. The molecule has 0 amide bonds. The van der Waals surface area contributed by atoms with Gasteiger partial charge in [-0.05, 0) is 44.0 Å². The molecule has 2 rings (SSSR count). The van der Waals surface area contributed by atoms with Crippen molar-refractivity contribution >= 4 is 0 Å². The molecule has 0 atom stereocenters. The van der Waals surface area contributed by atoms with E-state index in [-0.39, 0.29) is 0 Å². The van der Waals surface area contributed by atoms with Crippen molar-refractivity contribution in [3.8, 4) is 11.5 Å². The van der Waals surface area contributed by atoms with Gasteiger partial charge in [0.05, 0.1) is 5.69 Å². The number of nitrogens with zero attached hydrogens (tertiary/aromatic N) is 3. The molecule has 2 aromatic heterocycles. The molecule has 0 unspecified atom stereocenters. The lowest BCUT2D eigenvalue weighted by Crippen LogP contribution is -2.20. The van der Waals surface area contributed by atoms with Gasteiger partial charge in [-0.3, -0.25) is 4.98 Å². The van der Waals surface area contributed by atoms with Gasteiger partial charge in [0.25, 0.3) is 0 Å². The highest BCUT2D eigenvalue weighted by Gasteiger charge is 2.08. The van der Waals surface area contributed by atoms with Crippen LogP contribution in [-0.4, -0.2) is 21.5 Å². The molecule has 0 fully saturated rings. The lowest BCUT2D eigenvalue weighted by atomic mass is 10.2. The molecule has 0 aliphatic rings. The Bertz CT molecular complexity index is 578. The van der Waals surface area contributed by atoms with Crippen molar-refractivity contribution < 1.29 is 0 Å². The zero-order valence-corrected chi connectivity index (χ0v) is 12.6. The van der Waals surface area contributed by atoms with E-state index < -0.39 is 0 Å². The third-order valence-electron chi connectivity index (χ3n) is 2.99. The predicted octanol–water partition coefficient (Wildman–Crippen LogP) is 2.90. The van der Waals surface area contributed by atoms with Crippen LogP contribution in [0, 0.1) is 19.8 Å². The summed E-state index contributed by atoms with van der Waals surface area (Å²) in [4.78, 5) is 13.5. The maximum Gasteiger partial charge on any atom is 0.178 e. The van der Waals surface area contributed by atoms with Gasteiger partial charge in [0.1, 0.15) is 5.69 Å². The molecular formula is C16H22N4. The van der Waals surface area contributed by atoms with Crippen LogP contribution in [0.3, 0.4) is 0 Å². The molecule has 106 valence electrons. The Hall–Kier alpha value is -1.81. The topological polar surface area (TPSA) is 50.7 Å². The highest BCUT2D eigenvalue weighted by molar-refractivity contribution is 5.54. The van der Waals surface area contributed by atoms with Gasteiger partial charge >= 0.3 is 0 Å². The smallest absolute Gasteiger partial charge is 0.178 e. The highest BCUT2D eigenvalue weighted by atomic mass is 15.0. The molecule has 0 aromatic carbocycles. The zero-order valence-electron chi connectivity index (χ0n) is 12.6. The fourth-order valence-electron chi connectivity index (χ4n) is 2.04. The molecule has 0 bridgehead atoms. The number of hydrogen-bond donors (Lipinski definition) is 1. The van der Waals surface area contributed by atoms with Crippen molar-refractivity contribution in [3.63, 3.8) is 0 Å². The van der Waals surface area contributed by atoms with E-state index >= 15 is 0 Å². The fraction of sp³-hybridized carbons (Fsp3) is 0.438. The Morgan fingerprint density at radius 1 is 1.20 bits per heavy atom. The Kier molecular flexibility index (Phi) is 4.79. The maximum atomic E-state index is 4.63. The zero-order chi connectivity index (χ0) is 14.5. The molecule has 4 nitrogen and oxygen atoms in total. The third-order valence-corrected chi connectivity index (χ3v) is 2.99. The van der Waals surface area contributed by atoms with Gasteiger partial charge in [-0.2, -0.15) is 0 Å². The van der Waals surface area contributed by atoms with E-state index in [2.05, 4.69) is 34.1 Å². The Balaban J connectivity index is 2.23. The van der Waals surface area contributed by atoms with Crippen LogP contribution < -0.4 is 5.32 Å². The molecular weight excluding hydrogens is 248 g/mol. The molecule has 0 saturated carbocycles. The van der Waals surface area contributed by atoms with Gasteiger partial charge in [0.15, 0.2) is 5.82 Å². The van der Waals surface area contributed by atoms with Crippen LogP contribution in [0.4, 0.5) is 0 Å². The molecule has 0 aliphatic heterocycles. The second-order valence-electron chi connectivity index (χ2n) is 5.52. The first-order valence-corrected chi connectivity index (χ1v) is 7.03. The third kappa shape index (κ3) is 3.84. The molecule has 20 heavy (non-hydrogen) atoms. The van der Waals surface area contributed by atoms with E-state index in [1.807, 2.05) is 32.0 Å². The van der Waals surface area contributed by atoms with Crippen molar-refractivity contribution in [2.45, 2.75) is 34.2 Å². The van der Waals surface area contributed by atoms with E-state index in [0.717, 1.165) is 35.7 Å². The van der Waals surface area contributed by atoms with E-state index in [0.29, 0.717) is 11.7 Å². The minimum Gasteiger partial charge on any atom is -0.311 e. The summed E-state index contributed by atoms with van der Waals surface area (Å²) in [5.41, 5.74) is 3.94. The number of pyridine rings is 1. The Morgan fingerprint density at radius 3 is 2.70 bits per heavy atom. The van der Waals surface area contributed by atoms with Crippen LogP contribution in [0.5, 0.6) is 0 Å². The van der Waals surface area contributed by atoms with E-state index in [1.54, 1.807) is 6.20 Å². The number of nitrogens with one attached hydrogen (secondary N) is 1. The average Bonchev–Trinajstić information content (AvgIpc) is 2.38. The normalized spacial score (nSPS) is 11.1. The Morgan fingerprint density at radius 2 is 2.00 bits per heavy atom. The first-order valence-electron chi connectivity index (χ1n) is 7.03. The summed E-state index contributed by atoms with van der Waals surface area (Å²) in [6, 6.07) is 5.99. The molecule has 1 N–H and O–H groups in total. The summed E-state index contributed by atoms with van der Waals surface area (Å²) < 4.78 is 0. The standard InChI is InChI=1S/C16H22N4/c1-11(2)9-17-10-14-8-13(4)19-16(20-14)15-12(3)6-5-7-18-15/h5-8,11,17H,9-10H2,1-4H3. The summed E-state index contributed by atoms with van der Waals surface area (Å²) in [6.45, 7) is 10.2. The monoisotopic (exact) mass is 270 g/mol. The van der Waals surface area contributed by atoms with Crippen LogP contribution >= 0.6 is 0 Å².